The topological polar surface area (TPSA) is 65.5 Å². The number of thiophene rings is 1. The first kappa shape index (κ1) is 19.5. The largest absolute Gasteiger partial charge is 0.356 e. The summed E-state index contributed by atoms with van der Waals surface area (Å²) in [5.41, 5.74) is -0.476. The molecule has 0 bridgehead atoms. The van der Waals surface area contributed by atoms with Gasteiger partial charge in [0.2, 0.25) is 5.91 Å². The number of hydrogen-bond acceptors (Lipinski definition) is 3. The summed E-state index contributed by atoms with van der Waals surface area (Å²) < 4.78 is 0. The summed E-state index contributed by atoms with van der Waals surface area (Å²) in [6.07, 6.45) is 1.06. The van der Waals surface area contributed by atoms with Crippen LogP contribution in [0.25, 0.3) is 0 Å². The lowest BCUT2D eigenvalue weighted by Crippen LogP contribution is -2.48. The third-order valence-electron chi connectivity index (χ3n) is 3.62. The molecule has 0 aromatic carbocycles. The summed E-state index contributed by atoms with van der Waals surface area (Å²) in [5.74, 6) is 1.30. The lowest BCUT2D eigenvalue weighted by molar-refractivity contribution is -0.128. The van der Waals surface area contributed by atoms with Gasteiger partial charge in [-0.3, -0.25) is 9.79 Å². The van der Waals surface area contributed by atoms with Crippen molar-refractivity contribution in [2.75, 3.05) is 26.7 Å². The average molecular weight is 339 g/mol. The fraction of sp³-hybridized carbons (Fsp3) is 0.647. The molecule has 3 N–H and O–H groups in total. The lowest BCUT2D eigenvalue weighted by atomic mass is 9.92. The Kier molecular flexibility index (Phi) is 8.09. The molecular weight excluding hydrogens is 308 g/mol. The molecule has 1 amide bonds. The third kappa shape index (κ3) is 7.03. The fourth-order valence-electron chi connectivity index (χ4n) is 2.12. The Balaban J connectivity index is 2.38. The second-order valence-corrected chi connectivity index (χ2v) is 7.47. The predicted octanol–water partition coefficient (Wildman–Crippen LogP) is 2.25. The fourth-order valence-corrected chi connectivity index (χ4v) is 2.99. The molecule has 130 valence electrons. The summed E-state index contributed by atoms with van der Waals surface area (Å²) in [5, 5.41) is 11.6. The van der Waals surface area contributed by atoms with Crippen molar-refractivity contribution in [2.45, 2.75) is 34.1 Å². The van der Waals surface area contributed by atoms with Crippen molar-refractivity contribution < 1.29 is 4.79 Å². The molecule has 0 aliphatic rings. The van der Waals surface area contributed by atoms with Crippen LogP contribution in [0.1, 0.15) is 32.6 Å². The molecule has 0 aliphatic heterocycles. The highest BCUT2D eigenvalue weighted by molar-refractivity contribution is 7.09. The minimum absolute atomic E-state index is 0.0500. The van der Waals surface area contributed by atoms with Crippen LogP contribution in [-0.4, -0.2) is 38.5 Å². The van der Waals surface area contributed by atoms with Gasteiger partial charge in [0.25, 0.3) is 0 Å². The Hall–Kier alpha value is -1.56. The maximum atomic E-state index is 12.0. The van der Waals surface area contributed by atoms with Gasteiger partial charge in [-0.25, -0.2) is 0 Å². The maximum Gasteiger partial charge on any atom is 0.227 e. The smallest absolute Gasteiger partial charge is 0.227 e. The molecule has 1 atom stereocenters. The van der Waals surface area contributed by atoms with Crippen LogP contribution in [-0.2, 0) is 11.2 Å². The van der Waals surface area contributed by atoms with Crippen molar-refractivity contribution in [2.24, 2.45) is 16.3 Å². The van der Waals surface area contributed by atoms with E-state index in [4.69, 9.17) is 0 Å². The molecule has 5 nitrogen and oxygen atoms in total. The van der Waals surface area contributed by atoms with E-state index in [1.807, 2.05) is 20.8 Å². The number of guanidine groups is 1. The van der Waals surface area contributed by atoms with E-state index in [1.54, 1.807) is 18.4 Å². The molecule has 0 radical (unpaired) electrons. The van der Waals surface area contributed by atoms with Crippen LogP contribution in [0.15, 0.2) is 22.5 Å². The quantitative estimate of drug-likeness (QED) is 0.503. The second-order valence-electron chi connectivity index (χ2n) is 6.44. The van der Waals surface area contributed by atoms with Crippen LogP contribution in [0, 0.1) is 11.3 Å². The summed E-state index contributed by atoms with van der Waals surface area (Å²) >= 11 is 1.79. The molecule has 1 heterocycles. The molecule has 23 heavy (non-hydrogen) atoms. The molecule has 0 saturated heterocycles. The Morgan fingerprint density at radius 1 is 1.35 bits per heavy atom. The summed E-state index contributed by atoms with van der Waals surface area (Å²) in [4.78, 5) is 17.6. The number of carbonyl (C=O) groups is 1. The molecule has 0 spiro atoms. The van der Waals surface area contributed by atoms with E-state index in [9.17, 15) is 4.79 Å². The Bertz CT molecular complexity index is 497. The van der Waals surface area contributed by atoms with Gasteiger partial charge in [0.15, 0.2) is 5.96 Å². The van der Waals surface area contributed by atoms with Crippen LogP contribution in [0.3, 0.4) is 0 Å². The highest BCUT2D eigenvalue weighted by atomic mass is 32.1. The second kappa shape index (κ2) is 9.55. The molecule has 6 heteroatoms. The Labute approximate surface area is 144 Å². The van der Waals surface area contributed by atoms with E-state index in [1.165, 1.54) is 4.88 Å². The molecular formula is C17H30N4OS. The number of rotatable bonds is 8. The van der Waals surface area contributed by atoms with Crippen LogP contribution in [0.4, 0.5) is 0 Å². The van der Waals surface area contributed by atoms with Gasteiger partial charge in [0.05, 0.1) is 5.41 Å². The van der Waals surface area contributed by atoms with Crippen LogP contribution < -0.4 is 16.0 Å². The predicted molar refractivity (Wildman–Crippen MR) is 99.0 cm³/mol. The van der Waals surface area contributed by atoms with Gasteiger partial charge in [0.1, 0.15) is 0 Å². The van der Waals surface area contributed by atoms with E-state index in [0.717, 1.165) is 18.9 Å². The molecule has 0 aliphatic carbocycles. The van der Waals surface area contributed by atoms with Crippen LogP contribution in [0.5, 0.6) is 0 Å². The third-order valence-corrected chi connectivity index (χ3v) is 4.52. The number of nitrogens with one attached hydrogen (secondary N) is 3. The van der Waals surface area contributed by atoms with E-state index in [-0.39, 0.29) is 5.91 Å². The van der Waals surface area contributed by atoms with E-state index >= 15 is 0 Å². The van der Waals surface area contributed by atoms with Gasteiger partial charge >= 0.3 is 0 Å². The summed E-state index contributed by atoms with van der Waals surface area (Å²) in [7, 11) is 1.75. The number of amides is 1. The SMILES string of the molecule is CCNC(=O)C(C)(C)CNC(=NC)NCC(C)Cc1cccs1. The highest BCUT2D eigenvalue weighted by Crippen LogP contribution is 2.14. The van der Waals surface area contributed by atoms with E-state index in [0.29, 0.717) is 19.0 Å². The van der Waals surface area contributed by atoms with Gasteiger partial charge in [-0.2, -0.15) is 0 Å². The Morgan fingerprint density at radius 2 is 2.09 bits per heavy atom. The van der Waals surface area contributed by atoms with Crippen molar-refractivity contribution in [3.05, 3.63) is 22.4 Å². The molecule has 1 unspecified atom stereocenters. The van der Waals surface area contributed by atoms with Gasteiger partial charge in [-0.05, 0) is 44.6 Å². The molecule has 1 aromatic rings. The first-order valence-electron chi connectivity index (χ1n) is 8.14. The number of hydrogen-bond donors (Lipinski definition) is 3. The number of nitrogens with zero attached hydrogens (tertiary/aromatic N) is 1. The van der Waals surface area contributed by atoms with Gasteiger partial charge in [-0.1, -0.05) is 13.0 Å². The zero-order valence-corrected chi connectivity index (χ0v) is 15.7. The van der Waals surface area contributed by atoms with Crippen molar-refractivity contribution in [3.63, 3.8) is 0 Å². The van der Waals surface area contributed by atoms with Crippen molar-refractivity contribution in [1.29, 1.82) is 0 Å². The monoisotopic (exact) mass is 338 g/mol. The van der Waals surface area contributed by atoms with Gasteiger partial charge in [-0.15, -0.1) is 11.3 Å². The molecule has 1 rings (SSSR count). The molecule has 0 saturated carbocycles. The first-order chi connectivity index (χ1) is 10.9. The summed E-state index contributed by atoms with van der Waals surface area (Å²) in [6, 6.07) is 4.26. The number of carbonyl (C=O) groups excluding carboxylic acids is 1. The van der Waals surface area contributed by atoms with Crippen molar-refractivity contribution >= 4 is 23.2 Å². The van der Waals surface area contributed by atoms with E-state index < -0.39 is 5.41 Å². The normalized spacial score (nSPS) is 13.5. The minimum Gasteiger partial charge on any atom is -0.356 e. The molecule has 0 fully saturated rings. The Morgan fingerprint density at radius 3 is 2.65 bits per heavy atom. The zero-order valence-electron chi connectivity index (χ0n) is 14.9. The van der Waals surface area contributed by atoms with E-state index in [2.05, 4.69) is 45.4 Å². The zero-order chi connectivity index (χ0) is 17.3. The minimum atomic E-state index is -0.476. The van der Waals surface area contributed by atoms with Crippen LogP contribution in [0.2, 0.25) is 0 Å². The molecule has 1 aromatic heterocycles. The average Bonchev–Trinajstić information content (AvgIpc) is 3.00. The van der Waals surface area contributed by atoms with Crippen LogP contribution >= 0.6 is 11.3 Å². The summed E-state index contributed by atoms with van der Waals surface area (Å²) in [6.45, 7) is 10.0. The van der Waals surface area contributed by atoms with Crippen molar-refractivity contribution in [1.82, 2.24) is 16.0 Å². The first-order valence-corrected chi connectivity index (χ1v) is 9.02. The lowest BCUT2D eigenvalue weighted by Gasteiger charge is -2.25. The highest BCUT2D eigenvalue weighted by Gasteiger charge is 2.27. The standard InChI is InChI=1S/C17H30N4OS/c1-6-19-15(22)17(3,4)12-21-16(18-5)20-11-13(2)10-14-8-7-9-23-14/h7-9,13H,6,10-12H2,1-5H3,(H,19,22)(H2,18,20,21). The van der Waals surface area contributed by atoms with Gasteiger partial charge in [0, 0.05) is 31.6 Å². The van der Waals surface area contributed by atoms with Crippen molar-refractivity contribution in [3.8, 4) is 0 Å². The maximum absolute atomic E-state index is 12.0. The number of aliphatic imine (C=N–C) groups is 1. The van der Waals surface area contributed by atoms with Gasteiger partial charge < -0.3 is 16.0 Å².